The number of ether oxygens (including phenoxy) is 1. The van der Waals surface area contributed by atoms with Crippen LogP contribution in [0.25, 0.3) is 0 Å². The average Bonchev–Trinajstić information content (AvgIpc) is 2.25. The molecule has 0 aliphatic rings. The lowest BCUT2D eigenvalue weighted by Crippen LogP contribution is -2.51. The van der Waals surface area contributed by atoms with Gasteiger partial charge < -0.3 is 20.5 Å². The Morgan fingerprint density at radius 1 is 1.32 bits per heavy atom. The molecule has 0 aromatic carbocycles. The second-order valence-corrected chi connectivity index (χ2v) is 5.52. The molecule has 0 saturated heterocycles. The van der Waals surface area contributed by atoms with Crippen molar-refractivity contribution in [1.82, 2.24) is 10.6 Å². The number of carbonyl (C=O) groups is 2. The minimum Gasteiger partial charge on any atom is -0.481 e. The number of urea groups is 1. The van der Waals surface area contributed by atoms with E-state index in [0.29, 0.717) is 19.6 Å². The highest BCUT2D eigenvalue weighted by Gasteiger charge is 2.19. The van der Waals surface area contributed by atoms with Gasteiger partial charge in [-0.2, -0.15) is 0 Å². The summed E-state index contributed by atoms with van der Waals surface area (Å²) in [6.07, 6.45) is 1.58. The van der Waals surface area contributed by atoms with E-state index in [1.807, 2.05) is 20.8 Å². The summed E-state index contributed by atoms with van der Waals surface area (Å²) in [6.45, 7) is 6.72. The molecule has 0 aromatic heterocycles. The summed E-state index contributed by atoms with van der Waals surface area (Å²) in [5.41, 5.74) is -0.409. The third-order valence-electron chi connectivity index (χ3n) is 2.73. The topological polar surface area (TPSA) is 87.7 Å². The second kappa shape index (κ2) is 8.74. The van der Waals surface area contributed by atoms with Gasteiger partial charge in [-0.25, -0.2) is 4.79 Å². The van der Waals surface area contributed by atoms with E-state index in [1.165, 1.54) is 0 Å². The van der Waals surface area contributed by atoms with Crippen LogP contribution < -0.4 is 10.6 Å². The second-order valence-electron chi connectivity index (χ2n) is 5.52. The lowest BCUT2D eigenvalue weighted by Gasteiger charge is -2.25. The predicted molar refractivity (Wildman–Crippen MR) is 73.1 cm³/mol. The number of amides is 2. The van der Waals surface area contributed by atoms with Crippen molar-refractivity contribution < 1.29 is 19.4 Å². The minimum atomic E-state index is -0.779. The molecule has 0 heterocycles. The molecule has 0 fully saturated rings. The van der Waals surface area contributed by atoms with Gasteiger partial charge in [0.05, 0.1) is 12.1 Å². The number of nitrogens with one attached hydrogen (secondary N) is 2. The SMILES string of the molecule is COCC(C)(C)NC(=O)NCCC(C)CCC(=O)O. The fourth-order valence-electron chi connectivity index (χ4n) is 1.69. The largest absolute Gasteiger partial charge is 0.481 e. The lowest BCUT2D eigenvalue weighted by atomic mass is 10.0. The molecular weight excluding hydrogens is 248 g/mol. The van der Waals surface area contributed by atoms with Crippen LogP contribution in [0, 0.1) is 5.92 Å². The summed E-state index contributed by atoms with van der Waals surface area (Å²) in [4.78, 5) is 22.0. The molecular formula is C13H26N2O4. The zero-order valence-electron chi connectivity index (χ0n) is 12.3. The zero-order valence-corrected chi connectivity index (χ0v) is 12.3. The number of carboxylic acids is 1. The molecule has 0 aliphatic carbocycles. The van der Waals surface area contributed by atoms with Crippen molar-refractivity contribution in [3.63, 3.8) is 0 Å². The van der Waals surface area contributed by atoms with E-state index >= 15 is 0 Å². The first-order valence-electron chi connectivity index (χ1n) is 6.53. The Bertz CT molecular complexity index is 292. The summed E-state index contributed by atoms with van der Waals surface area (Å²) < 4.78 is 5.01. The summed E-state index contributed by atoms with van der Waals surface area (Å²) in [5.74, 6) is -0.498. The molecule has 1 atom stereocenters. The molecule has 6 nitrogen and oxygen atoms in total. The van der Waals surface area contributed by atoms with Gasteiger partial charge in [0.15, 0.2) is 0 Å². The smallest absolute Gasteiger partial charge is 0.315 e. The first-order chi connectivity index (χ1) is 8.76. The van der Waals surface area contributed by atoms with Crippen molar-refractivity contribution in [1.29, 1.82) is 0 Å². The predicted octanol–water partition coefficient (Wildman–Crippen LogP) is 1.60. The first kappa shape index (κ1) is 17.7. The van der Waals surface area contributed by atoms with Crippen molar-refractivity contribution in [2.75, 3.05) is 20.3 Å². The van der Waals surface area contributed by atoms with Crippen LogP contribution in [0.15, 0.2) is 0 Å². The molecule has 0 bridgehead atoms. The van der Waals surface area contributed by atoms with E-state index in [-0.39, 0.29) is 18.4 Å². The van der Waals surface area contributed by atoms with Gasteiger partial charge in [0.1, 0.15) is 0 Å². The summed E-state index contributed by atoms with van der Waals surface area (Å²) in [5, 5.41) is 14.1. The lowest BCUT2D eigenvalue weighted by molar-refractivity contribution is -0.137. The quantitative estimate of drug-likeness (QED) is 0.596. The third kappa shape index (κ3) is 10.3. The number of hydrogen-bond donors (Lipinski definition) is 3. The highest BCUT2D eigenvalue weighted by Crippen LogP contribution is 2.09. The monoisotopic (exact) mass is 274 g/mol. The maximum atomic E-state index is 11.6. The average molecular weight is 274 g/mol. The molecule has 0 spiro atoms. The van der Waals surface area contributed by atoms with E-state index in [4.69, 9.17) is 9.84 Å². The standard InChI is InChI=1S/C13H26N2O4/c1-10(5-6-11(16)17)7-8-14-12(18)15-13(2,3)9-19-4/h10H,5-9H2,1-4H3,(H,16,17)(H2,14,15,18). The van der Waals surface area contributed by atoms with Gasteiger partial charge in [-0.3, -0.25) is 4.79 Å². The van der Waals surface area contributed by atoms with Gasteiger partial charge >= 0.3 is 12.0 Å². The van der Waals surface area contributed by atoms with Gasteiger partial charge in [0.25, 0.3) is 0 Å². The molecule has 112 valence electrons. The summed E-state index contributed by atoms with van der Waals surface area (Å²) >= 11 is 0. The van der Waals surface area contributed by atoms with E-state index < -0.39 is 11.5 Å². The van der Waals surface area contributed by atoms with E-state index in [2.05, 4.69) is 10.6 Å². The van der Waals surface area contributed by atoms with Crippen molar-refractivity contribution in [2.24, 2.45) is 5.92 Å². The number of aliphatic carboxylic acids is 1. The van der Waals surface area contributed by atoms with Crippen LogP contribution in [0.1, 0.15) is 40.0 Å². The number of hydrogen-bond acceptors (Lipinski definition) is 3. The fourth-order valence-corrected chi connectivity index (χ4v) is 1.69. The third-order valence-corrected chi connectivity index (χ3v) is 2.73. The number of carboxylic acid groups (broad SMARTS) is 1. The molecule has 3 N–H and O–H groups in total. The number of carbonyl (C=O) groups excluding carboxylic acids is 1. The molecule has 0 rings (SSSR count). The van der Waals surface area contributed by atoms with E-state index in [1.54, 1.807) is 7.11 Å². The van der Waals surface area contributed by atoms with Gasteiger partial charge in [-0.05, 0) is 32.6 Å². The zero-order chi connectivity index (χ0) is 14.9. The minimum absolute atomic E-state index is 0.175. The van der Waals surface area contributed by atoms with Gasteiger partial charge in [-0.15, -0.1) is 0 Å². The van der Waals surface area contributed by atoms with Crippen LogP contribution in [0.3, 0.4) is 0 Å². The normalized spacial score (nSPS) is 12.8. The first-order valence-corrected chi connectivity index (χ1v) is 6.53. The number of rotatable bonds is 9. The van der Waals surface area contributed by atoms with Crippen LogP contribution in [-0.2, 0) is 9.53 Å². The Kier molecular flexibility index (Phi) is 8.14. The van der Waals surface area contributed by atoms with Crippen molar-refractivity contribution in [2.45, 2.75) is 45.6 Å². The highest BCUT2D eigenvalue weighted by atomic mass is 16.5. The molecule has 6 heteroatoms. The Morgan fingerprint density at radius 2 is 1.95 bits per heavy atom. The number of methoxy groups -OCH3 is 1. The summed E-state index contributed by atoms with van der Waals surface area (Å²) in [6, 6.07) is -0.229. The highest BCUT2D eigenvalue weighted by molar-refractivity contribution is 5.74. The van der Waals surface area contributed by atoms with Crippen molar-refractivity contribution in [3.05, 3.63) is 0 Å². The molecule has 2 amide bonds. The maximum absolute atomic E-state index is 11.6. The van der Waals surface area contributed by atoms with E-state index in [9.17, 15) is 9.59 Å². The Labute approximate surface area is 114 Å². The van der Waals surface area contributed by atoms with Crippen LogP contribution in [-0.4, -0.2) is 42.9 Å². The molecule has 0 aliphatic heterocycles. The van der Waals surface area contributed by atoms with Crippen LogP contribution in [0.4, 0.5) is 4.79 Å². The Hall–Kier alpha value is -1.30. The molecule has 0 aromatic rings. The van der Waals surface area contributed by atoms with Crippen molar-refractivity contribution >= 4 is 12.0 Å². The van der Waals surface area contributed by atoms with Gasteiger partial charge in [-0.1, -0.05) is 6.92 Å². The molecule has 19 heavy (non-hydrogen) atoms. The fraction of sp³-hybridized carbons (Fsp3) is 0.846. The summed E-state index contributed by atoms with van der Waals surface area (Å²) in [7, 11) is 1.59. The molecule has 0 saturated carbocycles. The van der Waals surface area contributed by atoms with Gasteiger partial charge in [0.2, 0.25) is 0 Å². The van der Waals surface area contributed by atoms with Crippen LogP contribution in [0.5, 0.6) is 0 Å². The molecule has 1 unspecified atom stereocenters. The Balaban J connectivity index is 3.76. The maximum Gasteiger partial charge on any atom is 0.315 e. The molecule has 0 radical (unpaired) electrons. The van der Waals surface area contributed by atoms with Crippen LogP contribution in [0.2, 0.25) is 0 Å². The van der Waals surface area contributed by atoms with Gasteiger partial charge in [0, 0.05) is 20.1 Å². The van der Waals surface area contributed by atoms with Crippen molar-refractivity contribution in [3.8, 4) is 0 Å². The van der Waals surface area contributed by atoms with Crippen LogP contribution >= 0.6 is 0 Å². The Morgan fingerprint density at radius 3 is 2.47 bits per heavy atom. The van der Waals surface area contributed by atoms with E-state index in [0.717, 1.165) is 6.42 Å².